The molecule has 0 spiro atoms. The van der Waals surface area contributed by atoms with E-state index >= 15 is 0 Å². The number of aryl methyl sites for hydroxylation is 2. The van der Waals surface area contributed by atoms with Crippen molar-refractivity contribution >= 4 is 11.8 Å². The van der Waals surface area contributed by atoms with E-state index in [2.05, 4.69) is 29.5 Å². The van der Waals surface area contributed by atoms with Crippen LogP contribution in [0, 0.1) is 13.8 Å². The highest BCUT2D eigenvalue weighted by Crippen LogP contribution is 2.26. The number of hydrogen-bond acceptors (Lipinski definition) is 4. The van der Waals surface area contributed by atoms with E-state index in [1.165, 1.54) is 0 Å². The Labute approximate surface area is 204 Å². The van der Waals surface area contributed by atoms with Gasteiger partial charge in [0.05, 0.1) is 17.4 Å². The zero-order chi connectivity index (χ0) is 24.9. The van der Waals surface area contributed by atoms with E-state index in [1.807, 2.05) is 66.7 Å². The summed E-state index contributed by atoms with van der Waals surface area (Å²) in [7, 11) is 0. The number of benzene rings is 3. The van der Waals surface area contributed by atoms with Gasteiger partial charge in [0.2, 0.25) is 5.91 Å². The number of aromatic nitrogens is 2. The fourth-order valence-corrected chi connectivity index (χ4v) is 4.11. The normalized spacial score (nSPS) is 12.7. The Bertz CT molecular complexity index is 1350. The number of aliphatic hydroxyl groups excluding tert-OH is 1. The van der Waals surface area contributed by atoms with Crippen molar-refractivity contribution in [3.05, 3.63) is 107 Å². The van der Waals surface area contributed by atoms with E-state index in [-0.39, 0.29) is 6.42 Å². The smallest absolute Gasteiger partial charge is 0.270 e. The monoisotopic (exact) mass is 468 g/mol. The fourth-order valence-electron chi connectivity index (χ4n) is 4.11. The molecular formula is C28H28N4O3. The van der Waals surface area contributed by atoms with Gasteiger partial charge in [0.25, 0.3) is 5.91 Å². The maximum Gasteiger partial charge on any atom is 0.270 e. The van der Waals surface area contributed by atoms with Crippen LogP contribution < -0.4 is 11.1 Å². The van der Waals surface area contributed by atoms with Crippen molar-refractivity contribution in [3.8, 4) is 16.8 Å². The molecule has 0 fully saturated rings. The maximum absolute atomic E-state index is 13.4. The van der Waals surface area contributed by atoms with Gasteiger partial charge in [-0.05, 0) is 60.7 Å². The van der Waals surface area contributed by atoms with Gasteiger partial charge < -0.3 is 16.2 Å². The minimum atomic E-state index is -1.54. The van der Waals surface area contributed by atoms with Gasteiger partial charge in [0.15, 0.2) is 6.10 Å². The average Bonchev–Trinajstić information content (AvgIpc) is 3.26. The summed E-state index contributed by atoms with van der Waals surface area (Å²) in [4.78, 5) is 25.1. The van der Waals surface area contributed by atoms with Crippen molar-refractivity contribution in [2.75, 3.05) is 0 Å². The molecule has 4 N–H and O–H groups in total. The number of nitrogens with two attached hydrogens (primary N) is 1. The first-order valence-corrected chi connectivity index (χ1v) is 11.4. The number of nitrogens with zero attached hydrogens (tertiary/aromatic N) is 2. The summed E-state index contributed by atoms with van der Waals surface area (Å²) in [6, 6.07) is 25.9. The number of aliphatic hydroxyl groups is 1. The lowest BCUT2D eigenvalue weighted by Crippen LogP contribution is -2.50. The first kappa shape index (κ1) is 23.9. The molecule has 7 heteroatoms. The average molecular weight is 469 g/mol. The molecule has 2 amide bonds. The van der Waals surface area contributed by atoms with Crippen molar-refractivity contribution in [3.63, 3.8) is 0 Å². The fraction of sp³-hybridized carbons (Fsp3) is 0.179. The molecule has 1 aromatic heterocycles. The summed E-state index contributed by atoms with van der Waals surface area (Å²) in [5.41, 5.74) is 11.1. The highest BCUT2D eigenvalue weighted by molar-refractivity contribution is 5.94. The number of rotatable bonds is 8. The third-order valence-electron chi connectivity index (χ3n) is 5.90. The highest BCUT2D eigenvalue weighted by Gasteiger charge is 2.28. The molecule has 4 aromatic rings. The van der Waals surface area contributed by atoms with Crippen LogP contribution in [0.3, 0.4) is 0 Å². The molecule has 7 nitrogen and oxygen atoms in total. The molecule has 3 aromatic carbocycles. The largest absolute Gasteiger partial charge is 0.381 e. The SMILES string of the molecule is Cc1cc(C(=O)NC(Cc2ccccc2)C(O)C(N)=O)n(-c2cccc(-c3ccccc3C)c2)n1. The predicted molar refractivity (Wildman–Crippen MR) is 135 cm³/mol. The molecule has 0 bridgehead atoms. The lowest BCUT2D eigenvalue weighted by Gasteiger charge is -2.22. The molecule has 2 atom stereocenters. The Balaban J connectivity index is 1.65. The molecule has 1 heterocycles. The first-order valence-electron chi connectivity index (χ1n) is 11.4. The standard InChI is InChI=1S/C28H28N4O3/c1-18-9-6-7-14-23(18)21-12-8-13-22(17-21)32-25(15-19(2)31-32)28(35)30-24(26(33)27(29)34)16-20-10-4-3-5-11-20/h3-15,17,24,26,33H,16H2,1-2H3,(H2,29,34)(H,30,35). The second-order valence-electron chi connectivity index (χ2n) is 8.56. The topological polar surface area (TPSA) is 110 Å². The van der Waals surface area contributed by atoms with Crippen LogP contribution in [-0.2, 0) is 11.2 Å². The van der Waals surface area contributed by atoms with Crippen LogP contribution in [0.4, 0.5) is 0 Å². The molecular weight excluding hydrogens is 440 g/mol. The number of carbonyl (C=O) groups excluding carboxylic acids is 2. The first-order chi connectivity index (χ1) is 16.8. The second-order valence-corrected chi connectivity index (χ2v) is 8.56. The predicted octanol–water partition coefficient (Wildman–Crippen LogP) is 3.34. The quantitative estimate of drug-likeness (QED) is 0.368. The lowest BCUT2D eigenvalue weighted by molar-refractivity contribution is -0.127. The Kier molecular flexibility index (Phi) is 7.08. The third kappa shape index (κ3) is 5.47. The van der Waals surface area contributed by atoms with Crippen LogP contribution in [0.15, 0.2) is 84.9 Å². The van der Waals surface area contributed by atoms with E-state index in [0.717, 1.165) is 27.9 Å². The van der Waals surface area contributed by atoms with Gasteiger partial charge in [-0.25, -0.2) is 4.68 Å². The number of primary amides is 1. The summed E-state index contributed by atoms with van der Waals surface area (Å²) in [6.45, 7) is 3.86. The molecule has 0 aliphatic rings. The van der Waals surface area contributed by atoms with Gasteiger partial charge in [0.1, 0.15) is 5.69 Å². The summed E-state index contributed by atoms with van der Waals surface area (Å²) in [5, 5.41) is 17.7. The summed E-state index contributed by atoms with van der Waals surface area (Å²) in [6.07, 6.45) is -1.30. The second kappa shape index (κ2) is 10.4. The molecule has 35 heavy (non-hydrogen) atoms. The summed E-state index contributed by atoms with van der Waals surface area (Å²) < 4.78 is 1.57. The molecule has 0 radical (unpaired) electrons. The summed E-state index contributed by atoms with van der Waals surface area (Å²) >= 11 is 0. The van der Waals surface area contributed by atoms with Crippen LogP contribution in [0.2, 0.25) is 0 Å². The van der Waals surface area contributed by atoms with Crippen LogP contribution in [0.1, 0.15) is 27.3 Å². The van der Waals surface area contributed by atoms with E-state index in [9.17, 15) is 14.7 Å². The molecule has 2 unspecified atom stereocenters. The maximum atomic E-state index is 13.4. The van der Waals surface area contributed by atoms with Crippen molar-refractivity contribution in [1.29, 1.82) is 0 Å². The van der Waals surface area contributed by atoms with Crippen LogP contribution in [-0.4, -0.2) is 38.8 Å². The van der Waals surface area contributed by atoms with Gasteiger partial charge in [-0.15, -0.1) is 0 Å². The van der Waals surface area contributed by atoms with Crippen LogP contribution >= 0.6 is 0 Å². The number of carbonyl (C=O) groups is 2. The number of hydrogen-bond donors (Lipinski definition) is 3. The Morgan fingerprint density at radius 3 is 2.40 bits per heavy atom. The van der Waals surface area contributed by atoms with E-state index in [0.29, 0.717) is 11.4 Å². The lowest BCUT2D eigenvalue weighted by atomic mass is 10.00. The van der Waals surface area contributed by atoms with Crippen LogP contribution in [0.25, 0.3) is 16.8 Å². The van der Waals surface area contributed by atoms with E-state index in [4.69, 9.17) is 5.73 Å². The Morgan fingerprint density at radius 1 is 0.971 bits per heavy atom. The van der Waals surface area contributed by atoms with E-state index < -0.39 is 24.0 Å². The highest BCUT2D eigenvalue weighted by atomic mass is 16.3. The van der Waals surface area contributed by atoms with Crippen LogP contribution in [0.5, 0.6) is 0 Å². The third-order valence-corrected chi connectivity index (χ3v) is 5.90. The minimum absolute atomic E-state index is 0.243. The van der Waals surface area contributed by atoms with Crippen molar-refractivity contribution in [2.45, 2.75) is 32.4 Å². The number of amides is 2. The van der Waals surface area contributed by atoms with Gasteiger partial charge in [0, 0.05) is 0 Å². The van der Waals surface area contributed by atoms with Crippen molar-refractivity contribution in [2.24, 2.45) is 5.73 Å². The molecule has 0 aliphatic carbocycles. The summed E-state index contributed by atoms with van der Waals surface area (Å²) in [5.74, 6) is -1.37. The molecule has 4 rings (SSSR count). The van der Waals surface area contributed by atoms with E-state index in [1.54, 1.807) is 17.7 Å². The molecule has 0 saturated carbocycles. The zero-order valence-electron chi connectivity index (χ0n) is 19.7. The van der Waals surface area contributed by atoms with Gasteiger partial charge in [-0.1, -0.05) is 66.7 Å². The molecule has 0 aliphatic heterocycles. The van der Waals surface area contributed by atoms with Crippen molar-refractivity contribution < 1.29 is 14.7 Å². The van der Waals surface area contributed by atoms with Gasteiger partial charge >= 0.3 is 0 Å². The number of nitrogens with one attached hydrogen (secondary N) is 1. The van der Waals surface area contributed by atoms with Gasteiger partial charge in [-0.2, -0.15) is 5.10 Å². The Morgan fingerprint density at radius 2 is 1.69 bits per heavy atom. The molecule has 0 saturated heterocycles. The zero-order valence-corrected chi connectivity index (χ0v) is 19.7. The van der Waals surface area contributed by atoms with Crippen molar-refractivity contribution in [1.82, 2.24) is 15.1 Å². The Hall–Kier alpha value is -4.23. The minimum Gasteiger partial charge on any atom is -0.381 e. The molecule has 178 valence electrons. The van der Waals surface area contributed by atoms with Gasteiger partial charge in [-0.3, -0.25) is 9.59 Å².